The molecule has 0 aromatic carbocycles. The van der Waals surface area contributed by atoms with Crippen LogP contribution in [0.2, 0.25) is 0 Å². The Bertz CT molecular complexity index is 304. The molecule has 1 fully saturated rings. The van der Waals surface area contributed by atoms with Crippen molar-refractivity contribution in [1.29, 1.82) is 0 Å². The van der Waals surface area contributed by atoms with E-state index in [1.54, 1.807) is 0 Å². The van der Waals surface area contributed by atoms with Gasteiger partial charge in [0.25, 0.3) is 0 Å². The molecule has 7 nitrogen and oxygen atoms in total. The summed E-state index contributed by atoms with van der Waals surface area (Å²) in [5, 5.41) is 8.45. The van der Waals surface area contributed by atoms with Crippen LogP contribution in [0.5, 0.6) is 0 Å². The van der Waals surface area contributed by atoms with E-state index in [0.29, 0.717) is 6.61 Å². The van der Waals surface area contributed by atoms with E-state index in [1.807, 2.05) is 0 Å². The molecule has 3 N–H and O–H groups in total. The van der Waals surface area contributed by atoms with Gasteiger partial charge >= 0.3 is 5.97 Å². The van der Waals surface area contributed by atoms with E-state index < -0.39 is 17.9 Å². The molecular weight excluding hydrogens is 216 g/mol. The summed E-state index contributed by atoms with van der Waals surface area (Å²) in [4.78, 5) is 34.3. The summed E-state index contributed by atoms with van der Waals surface area (Å²) >= 11 is 0. The number of rotatable bonds is 4. The quantitative estimate of drug-likeness (QED) is 0.614. The number of hydrogen-bond acceptors (Lipinski definition) is 4. The van der Waals surface area contributed by atoms with Crippen molar-refractivity contribution >= 4 is 17.8 Å². The molecule has 2 amide bonds. The van der Waals surface area contributed by atoms with E-state index in [9.17, 15) is 14.4 Å². The number of carboxylic acid groups (broad SMARTS) is 1. The second kappa shape index (κ2) is 5.45. The van der Waals surface area contributed by atoms with E-state index >= 15 is 0 Å². The number of nitrogens with zero attached hydrogens (tertiary/aromatic N) is 1. The molecule has 1 aliphatic heterocycles. The number of amides is 2. The minimum absolute atomic E-state index is 0.0775. The highest BCUT2D eigenvalue weighted by atomic mass is 16.5. The van der Waals surface area contributed by atoms with Gasteiger partial charge in [-0.15, -0.1) is 0 Å². The Morgan fingerprint density at radius 3 is 2.62 bits per heavy atom. The number of primary amides is 1. The number of hydrogen-bond donors (Lipinski definition) is 2. The third kappa shape index (κ3) is 3.20. The lowest BCUT2D eigenvalue weighted by Gasteiger charge is -2.33. The molecule has 0 aliphatic carbocycles. The monoisotopic (exact) mass is 230 g/mol. The van der Waals surface area contributed by atoms with E-state index in [0.717, 1.165) is 0 Å². The van der Waals surface area contributed by atoms with Gasteiger partial charge in [0.15, 0.2) is 0 Å². The molecule has 0 radical (unpaired) electrons. The largest absolute Gasteiger partial charge is 0.481 e. The normalized spacial score (nSPS) is 20.5. The first kappa shape index (κ1) is 12.4. The van der Waals surface area contributed by atoms with Gasteiger partial charge in [-0.1, -0.05) is 0 Å². The van der Waals surface area contributed by atoms with Crippen LogP contribution in [0, 0.1) is 0 Å². The first-order valence-electron chi connectivity index (χ1n) is 4.90. The van der Waals surface area contributed by atoms with Crippen LogP contribution in [0.4, 0.5) is 0 Å². The number of nitrogens with two attached hydrogens (primary N) is 1. The van der Waals surface area contributed by atoms with Crippen molar-refractivity contribution in [2.24, 2.45) is 5.73 Å². The molecule has 7 heteroatoms. The summed E-state index contributed by atoms with van der Waals surface area (Å²) in [6, 6.07) is -0.782. The lowest BCUT2D eigenvalue weighted by molar-refractivity contribution is -0.149. The zero-order chi connectivity index (χ0) is 12.1. The average Bonchev–Trinajstić information content (AvgIpc) is 2.25. The predicted molar refractivity (Wildman–Crippen MR) is 52.4 cm³/mol. The molecule has 1 atom stereocenters. The van der Waals surface area contributed by atoms with Crippen LogP contribution in [-0.4, -0.2) is 53.6 Å². The van der Waals surface area contributed by atoms with Crippen LogP contribution in [0.3, 0.4) is 0 Å². The van der Waals surface area contributed by atoms with Crippen LogP contribution in [0.15, 0.2) is 0 Å². The third-order valence-corrected chi connectivity index (χ3v) is 2.33. The number of morpholine rings is 1. The van der Waals surface area contributed by atoms with E-state index in [4.69, 9.17) is 15.6 Å². The molecule has 0 bridgehead atoms. The van der Waals surface area contributed by atoms with Crippen molar-refractivity contribution in [1.82, 2.24) is 4.90 Å². The Morgan fingerprint density at radius 2 is 2.06 bits per heavy atom. The molecule has 1 unspecified atom stereocenters. The van der Waals surface area contributed by atoms with E-state index in [2.05, 4.69) is 0 Å². The standard InChI is InChI=1S/C9H14N2O5/c10-9(15)6-5-16-4-3-11(6)7(12)1-2-8(13)14/h6H,1-5H2,(H2,10,15)(H,13,14). The highest BCUT2D eigenvalue weighted by Gasteiger charge is 2.31. The van der Waals surface area contributed by atoms with Gasteiger partial charge in [-0.3, -0.25) is 14.4 Å². The molecule has 1 aliphatic rings. The van der Waals surface area contributed by atoms with Crippen LogP contribution < -0.4 is 5.73 Å². The predicted octanol–water partition coefficient (Wildman–Crippen LogP) is -1.44. The summed E-state index contributed by atoms with van der Waals surface area (Å²) in [6.45, 7) is 0.683. The second-order valence-corrected chi connectivity index (χ2v) is 3.47. The lowest BCUT2D eigenvalue weighted by Crippen LogP contribution is -2.54. The van der Waals surface area contributed by atoms with Crippen molar-refractivity contribution in [2.75, 3.05) is 19.8 Å². The first-order chi connectivity index (χ1) is 7.52. The first-order valence-corrected chi connectivity index (χ1v) is 4.90. The Labute approximate surface area is 92.1 Å². The highest BCUT2D eigenvalue weighted by molar-refractivity contribution is 5.88. The third-order valence-electron chi connectivity index (χ3n) is 2.33. The molecule has 0 aromatic rings. The van der Waals surface area contributed by atoms with Gasteiger partial charge in [-0.25, -0.2) is 0 Å². The minimum atomic E-state index is -1.04. The molecule has 1 heterocycles. The number of carboxylic acids is 1. The van der Waals surface area contributed by atoms with Gasteiger partial charge in [0.1, 0.15) is 6.04 Å². The summed E-state index contributed by atoms with van der Waals surface area (Å²) in [5.74, 6) is -2.06. The minimum Gasteiger partial charge on any atom is -0.481 e. The fourth-order valence-electron chi connectivity index (χ4n) is 1.50. The Kier molecular flexibility index (Phi) is 4.24. The van der Waals surface area contributed by atoms with Crippen LogP contribution in [0.25, 0.3) is 0 Å². The van der Waals surface area contributed by atoms with Crippen molar-refractivity contribution in [2.45, 2.75) is 18.9 Å². The van der Waals surface area contributed by atoms with Crippen LogP contribution in [-0.2, 0) is 19.1 Å². The number of carbonyl (C=O) groups excluding carboxylic acids is 2. The Balaban J connectivity index is 2.57. The number of aliphatic carboxylic acids is 1. The average molecular weight is 230 g/mol. The van der Waals surface area contributed by atoms with Crippen molar-refractivity contribution < 1.29 is 24.2 Å². The van der Waals surface area contributed by atoms with Crippen LogP contribution in [0.1, 0.15) is 12.8 Å². The van der Waals surface area contributed by atoms with E-state index in [1.165, 1.54) is 4.90 Å². The molecule has 16 heavy (non-hydrogen) atoms. The molecule has 0 saturated carbocycles. The zero-order valence-corrected chi connectivity index (χ0v) is 8.72. The van der Waals surface area contributed by atoms with Gasteiger partial charge < -0.3 is 20.5 Å². The fraction of sp³-hybridized carbons (Fsp3) is 0.667. The van der Waals surface area contributed by atoms with Crippen LogP contribution >= 0.6 is 0 Å². The summed E-state index contributed by atoms with van der Waals surface area (Å²) in [6.07, 6.45) is -0.374. The maximum absolute atomic E-state index is 11.6. The van der Waals surface area contributed by atoms with Gasteiger partial charge in [0, 0.05) is 13.0 Å². The SMILES string of the molecule is NC(=O)C1COCCN1C(=O)CCC(=O)O. The fourth-order valence-corrected chi connectivity index (χ4v) is 1.50. The topological polar surface area (TPSA) is 110 Å². The maximum atomic E-state index is 11.6. The Morgan fingerprint density at radius 1 is 1.38 bits per heavy atom. The smallest absolute Gasteiger partial charge is 0.303 e. The number of carbonyl (C=O) groups is 3. The zero-order valence-electron chi connectivity index (χ0n) is 8.72. The molecule has 1 saturated heterocycles. The van der Waals surface area contributed by atoms with Crippen molar-refractivity contribution in [3.05, 3.63) is 0 Å². The molecular formula is C9H14N2O5. The van der Waals surface area contributed by atoms with Gasteiger partial charge in [-0.05, 0) is 0 Å². The van der Waals surface area contributed by atoms with Gasteiger partial charge in [0.05, 0.1) is 19.6 Å². The molecule has 0 aromatic heterocycles. The lowest BCUT2D eigenvalue weighted by atomic mass is 10.2. The summed E-state index contributed by atoms with van der Waals surface area (Å²) in [7, 11) is 0. The van der Waals surface area contributed by atoms with Gasteiger partial charge in [0.2, 0.25) is 11.8 Å². The van der Waals surface area contributed by atoms with Crippen molar-refractivity contribution in [3.8, 4) is 0 Å². The maximum Gasteiger partial charge on any atom is 0.303 e. The second-order valence-electron chi connectivity index (χ2n) is 3.47. The van der Waals surface area contributed by atoms with E-state index in [-0.39, 0.29) is 31.9 Å². The van der Waals surface area contributed by atoms with Crippen molar-refractivity contribution in [3.63, 3.8) is 0 Å². The summed E-state index contributed by atoms with van der Waals surface area (Å²) in [5.41, 5.74) is 5.12. The molecule has 0 spiro atoms. The summed E-state index contributed by atoms with van der Waals surface area (Å²) < 4.78 is 5.04. The highest BCUT2D eigenvalue weighted by Crippen LogP contribution is 2.09. The molecule has 1 rings (SSSR count). The Hall–Kier alpha value is -1.63. The van der Waals surface area contributed by atoms with Gasteiger partial charge in [-0.2, -0.15) is 0 Å². The molecule has 90 valence electrons. The number of ether oxygens (including phenoxy) is 1.